The van der Waals surface area contributed by atoms with Gasteiger partial charge in [-0.1, -0.05) is 29.8 Å². The Morgan fingerprint density at radius 1 is 1.29 bits per heavy atom. The van der Waals surface area contributed by atoms with Gasteiger partial charge < -0.3 is 15.0 Å². The zero-order valence-electron chi connectivity index (χ0n) is 10.1. The maximum Gasteiger partial charge on any atom is 0.317 e. The maximum absolute atomic E-state index is 11.8. The summed E-state index contributed by atoms with van der Waals surface area (Å²) in [6.07, 6.45) is 0. The molecule has 0 spiro atoms. The van der Waals surface area contributed by atoms with Crippen molar-refractivity contribution < 1.29 is 9.53 Å². The van der Waals surface area contributed by atoms with Gasteiger partial charge in [0.15, 0.2) is 0 Å². The smallest absolute Gasteiger partial charge is 0.317 e. The minimum Gasteiger partial charge on any atom is -0.378 e. The number of aryl methyl sites for hydroxylation is 1. The van der Waals surface area contributed by atoms with Gasteiger partial charge in [-0.05, 0) is 12.5 Å². The molecule has 0 aromatic heterocycles. The van der Waals surface area contributed by atoms with E-state index in [-0.39, 0.29) is 6.03 Å². The number of morpholine rings is 1. The number of amides is 2. The largest absolute Gasteiger partial charge is 0.378 e. The molecule has 0 radical (unpaired) electrons. The third-order valence-electron chi connectivity index (χ3n) is 2.86. The Balaban J connectivity index is 1.81. The summed E-state index contributed by atoms with van der Waals surface area (Å²) in [6.45, 7) is 5.27. The van der Waals surface area contributed by atoms with Crippen molar-refractivity contribution in [1.29, 1.82) is 0 Å². The monoisotopic (exact) mass is 234 g/mol. The molecule has 2 rings (SSSR count). The molecule has 0 aliphatic carbocycles. The normalized spacial score (nSPS) is 15.7. The number of carbonyl (C=O) groups is 1. The van der Waals surface area contributed by atoms with Crippen LogP contribution in [0.1, 0.15) is 11.1 Å². The van der Waals surface area contributed by atoms with E-state index < -0.39 is 0 Å². The Bertz CT molecular complexity index is 370. The van der Waals surface area contributed by atoms with E-state index in [2.05, 4.69) is 24.4 Å². The fraction of sp³-hybridized carbons (Fsp3) is 0.462. The number of hydrogen-bond donors (Lipinski definition) is 1. The Kier molecular flexibility index (Phi) is 3.98. The summed E-state index contributed by atoms with van der Waals surface area (Å²) < 4.78 is 5.20. The summed E-state index contributed by atoms with van der Waals surface area (Å²) in [7, 11) is 0. The topological polar surface area (TPSA) is 41.6 Å². The number of nitrogens with zero attached hydrogens (tertiary/aromatic N) is 1. The number of nitrogens with one attached hydrogen (secondary N) is 1. The summed E-state index contributed by atoms with van der Waals surface area (Å²) in [4.78, 5) is 13.6. The predicted molar refractivity (Wildman–Crippen MR) is 65.8 cm³/mol. The summed E-state index contributed by atoms with van der Waals surface area (Å²) in [5, 5.41) is 2.92. The van der Waals surface area contributed by atoms with Crippen LogP contribution in [0.15, 0.2) is 24.3 Å². The van der Waals surface area contributed by atoms with E-state index in [0.717, 1.165) is 5.56 Å². The van der Waals surface area contributed by atoms with Gasteiger partial charge in [-0.15, -0.1) is 0 Å². The third kappa shape index (κ3) is 3.46. The van der Waals surface area contributed by atoms with Crippen molar-refractivity contribution in [2.45, 2.75) is 13.5 Å². The third-order valence-corrected chi connectivity index (χ3v) is 2.86. The van der Waals surface area contributed by atoms with Gasteiger partial charge in [0.2, 0.25) is 0 Å². The SMILES string of the molecule is Cc1ccc(CNC(=O)N2CCOCC2)cc1. The molecule has 1 N–H and O–H groups in total. The lowest BCUT2D eigenvalue weighted by Crippen LogP contribution is -2.45. The first-order chi connectivity index (χ1) is 8.25. The molecule has 4 nitrogen and oxygen atoms in total. The fourth-order valence-corrected chi connectivity index (χ4v) is 1.76. The van der Waals surface area contributed by atoms with Crippen LogP contribution < -0.4 is 5.32 Å². The van der Waals surface area contributed by atoms with Crippen LogP contribution in [-0.4, -0.2) is 37.2 Å². The van der Waals surface area contributed by atoms with Crippen LogP contribution in [0.3, 0.4) is 0 Å². The van der Waals surface area contributed by atoms with Crippen LogP contribution >= 0.6 is 0 Å². The summed E-state index contributed by atoms with van der Waals surface area (Å²) in [6, 6.07) is 8.17. The van der Waals surface area contributed by atoms with E-state index in [1.165, 1.54) is 5.56 Å². The first-order valence-electron chi connectivity index (χ1n) is 5.92. The second-order valence-corrected chi connectivity index (χ2v) is 4.24. The van der Waals surface area contributed by atoms with Crippen LogP contribution in [0.4, 0.5) is 4.79 Å². The Labute approximate surface area is 102 Å². The molecular weight excluding hydrogens is 216 g/mol. The highest BCUT2D eigenvalue weighted by Gasteiger charge is 2.15. The van der Waals surface area contributed by atoms with Gasteiger partial charge in [-0.25, -0.2) is 4.79 Å². The van der Waals surface area contributed by atoms with Gasteiger partial charge in [0, 0.05) is 19.6 Å². The number of benzene rings is 1. The van der Waals surface area contributed by atoms with Crippen molar-refractivity contribution in [3.8, 4) is 0 Å². The summed E-state index contributed by atoms with van der Waals surface area (Å²) >= 11 is 0. The highest BCUT2D eigenvalue weighted by molar-refractivity contribution is 5.74. The second kappa shape index (κ2) is 5.68. The maximum atomic E-state index is 11.8. The van der Waals surface area contributed by atoms with Crippen molar-refractivity contribution in [2.75, 3.05) is 26.3 Å². The minimum atomic E-state index is -0.00567. The van der Waals surface area contributed by atoms with E-state index in [1.807, 2.05) is 12.1 Å². The number of carbonyl (C=O) groups excluding carboxylic acids is 1. The molecule has 4 heteroatoms. The molecule has 92 valence electrons. The zero-order chi connectivity index (χ0) is 12.1. The Hall–Kier alpha value is -1.55. The van der Waals surface area contributed by atoms with Crippen molar-refractivity contribution in [1.82, 2.24) is 10.2 Å². The van der Waals surface area contributed by atoms with Crippen molar-refractivity contribution in [3.63, 3.8) is 0 Å². The molecule has 1 fully saturated rings. The van der Waals surface area contributed by atoms with E-state index in [4.69, 9.17) is 4.74 Å². The molecule has 0 unspecified atom stereocenters. The van der Waals surface area contributed by atoms with E-state index in [9.17, 15) is 4.79 Å². The Morgan fingerprint density at radius 3 is 2.59 bits per heavy atom. The highest BCUT2D eigenvalue weighted by Crippen LogP contribution is 2.03. The van der Waals surface area contributed by atoms with Crippen LogP contribution in [0.2, 0.25) is 0 Å². The highest BCUT2D eigenvalue weighted by atomic mass is 16.5. The van der Waals surface area contributed by atoms with E-state index in [0.29, 0.717) is 32.8 Å². The molecule has 1 aliphatic heterocycles. The summed E-state index contributed by atoms with van der Waals surface area (Å²) in [5.41, 5.74) is 2.35. The van der Waals surface area contributed by atoms with Gasteiger partial charge in [-0.2, -0.15) is 0 Å². The number of ether oxygens (including phenoxy) is 1. The van der Waals surface area contributed by atoms with Crippen LogP contribution in [0.25, 0.3) is 0 Å². The average Bonchev–Trinajstić information content (AvgIpc) is 2.39. The Morgan fingerprint density at radius 2 is 1.94 bits per heavy atom. The van der Waals surface area contributed by atoms with Crippen molar-refractivity contribution in [2.24, 2.45) is 0 Å². The van der Waals surface area contributed by atoms with Crippen LogP contribution in [-0.2, 0) is 11.3 Å². The van der Waals surface area contributed by atoms with E-state index >= 15 is 0 Å². The number of hydrogen-bond acceptors (Lipinski definition) is 2. The first-order valence-corrected chi connectivity index (χ1v) is 5.92. The molecule has 0 atom stereocenters. The lowest BCUT2D eigenvalue weighted by Gasteiger charge is -2.26. The molecule has 0 bridgehead atoms. The molecule has 1 aliphatic rings. The summed E-state index contributed by atoms with van der Waals surface area (Å²) in [5.74, 6) is 0. The van der Waals surface area contributed by atoms with Crippen molar-refractivity contribution in [3.05, 3.63) is 35.4 Å². The lowest BCUT2D eigenvalue weighted by molar-refractivity contribution is 0.0531. The second-order valence-electron chi connectivity index (χ2n) is 4.24. The van der Waals surface area contributed by atoms with Crippen molar-refractivity contribution >= 4 is 6.03 Å². The van der Waals surface area contributed by atoms with Gasteiger partial charge in [0.1, 0.15) is 0 Å². The van der Waals surface area contributed by atoms with Crippen LogP contribution in [0.5, 0.6) is 0 Å². The van der Waals surface area contributed by atoms with E-state index in [1.54, 1.807) is 4.90 Å². The van der Waals surface area contributed by atoms with Gasteiger partial charge in [0.25, 0.3) is 0 Å². The van der Waals surface area contributed by atoms with Gasteiger partial charge in [0.05, 0.1) is 13.2 Å². The molecule has 17 heavy (non-hydrogen) atoms. The average molecular weight is 234 g/mol. The lowest BCUT2D eigenvalue weighted by atomic mass is 10.1. The number of rotatable bonds is 2. The molecular formula is C13H18N2O2. The van der Waals surface area contributed by atoms with Gasteiger partial charge >= 0.3 is 6.03 Å². The quantitative estimate of drug-likeness (QED) is 0.843. The minimum absolute atomic E-state index is 0.00567. The fourth-order valence-electron chi connectivity index (χ4n) is 1.76. The van der Waals surface area contributed by atoms with Gasteiger partial charge in [-0.3, -0.25) is 0 Å². The standard InChI is InChI=1S/C13H18N2O2/c1-11-2-4-12(5-3-11)10-14-13(16)15-6-8-17-9-7-15/h2-5H,6-10H2,1H3,(H,14,16). The molecule has 1 aromatic rings. The number of urea groups is 1. The molecule has 0 saturated carbocycles. The van der Waals surface area contributed by atoms with Crippen LogP contribution in [0, 0.1) is 6.92 Å². The molecule has 1 heterocycles. The molecule has 1 aromatic carbocycles. The molecule has 1 saturated heterocycles. The first kappa shape index (κ1) is 11.9. The molecule has 2 amide bonds. The zero-order valence-corrected chi connectivity index (χ0v) is 10.1. The predicted octanol–water partition coefficient (Wildman–Crippen LogP) is 1.54.